The van der Waals surface area contributed by atoms with Crippen LogP contribution < -0.4 is 5.73 Å². The standard InChI is InChI=1S/C13H17BrN4O2/c14-11-9(4-7-19-11)13-16-12(17-20-13)10(15)8-18-5-2-1-3-6-18/h4,7,10H,1-3,5-6,8,15H2. The molecule has 1 unspecified atom stereocenters. The number of hydrogen-bond acceptors (Lipinski definition) is 6. The van der Waals surface area contributed by atoms with E-state index in [1.54, 1.807) is 12.3 Å². The summed E-state index contributed by atoms with van der Waals surface area (Å²) in [4.78, 5) is 6.72. The second-order valence-electron chi connectivity index (χ2n) is 5.03. The summed E-state index contributed by atoms with van der Waals surface area (Å²) in [7, 11) is 0. The van der Waals surface area contributed by atoms with E-state index in [1.165, 1.54) is 19.3 Å². The average Bonchev–Trinajstić information content (AvgIpc) is 3.08. The second-order valence-corrected chi connectivity index (χ2v) is 5.75. The molecule has 2 N–H and O–H groups in total. The van der Waals surface area contributed by atoms with Crippen molar-refractivity contribution in [1.82, 2.24) is 15.0 Å². The van der Waals surface area contributed by atoms with Crippen LogP contribution in [-0.4, -0.2) is 34.7 Å². The highest BCUT2D eigenvalue weighted by atomic mass is 79.9. The average molecular weight is 341 g/mol. The van der Waals surface area contributed by atoms with Crippen LogP contribution in [0.3, 0.4) is 0 Å². The van der Waals surface area contributed by atoms with Crippen molar-refractivity contribution in [2.45, 2.75) is 25.3 Å². The summed E-state index contributed by atoms with van der Waals surface area (Å²) in [6.07, 6.45) is 5.36. The molecule has 1 saturated heterocycles. The Labute approximate surface area is 125 Å². The molecule has 7 heteroatoms. The Bertz CT molecular complexity index is 562. The first-order valence-electron chi connectivity index (χ1n) is 6.79. The van der Waals surface area contributed by atoms with Crippen molar-refractivity contribution in [3.63, 3.8) is 0 Å². The smallest absolute Gasteiger partial charge is 0.262 e. The van der Waals surface area contributed by atoms with E-state index in [4.69, 9.17) is 14.7 Å². The molecule has 1 fully saturated rings. The van der Waals surface area contributed by atoms with Crippen molar-refractivity contribution in [3.05, 3.63) is 22.8 Å². The number of halogens is 1. The predicted molar refractivity (Wildman–Crippen MR) is 76.9 cm³/mol. The number of furan rings is 1. The Morgan fingerprint density at radius 3 is 2.85 bits per heavy atom. The van der Waals surface area contributed by atoms with Gasteiger partial charge in [-0.05, 0) is 47.9 Å². The molecule has 0 bridgehead atoms. The Kier molecular flexibility index (Phi) is 4.18. The van der Waals surface area contributed by atoms with Crippen LogP contribution in [0.2, 0.25) is 0 Å². The van der Waals surface area contributed by atoms with E-state index in [2.05, 4.69) is 31.0 Å². The van der Waals surface area contributed by atoms with Gasteiger partial charge in [-0.15, -0.1) is 0 Å². The third-order valence-corrected chi connectivity index (χ3v) is 4.14. The topological polar surface area (TPSA) is 81.3 Å². The monoisotopic (exact) mass is 340 g/mol. The number of piperidine rings is 1. The quantitative estimate of drug-likeness (QED) is 0.921. The molecular formula is C13H17BrN4O2. The van der Waals surface area contributed by atoms with Crippen LogP contribution >= 0.6 is 15.9 Å². The van der Waals surface area contributed by atoms with Crippen molar-refractivity contribution in [2.24, 2.45) is 5.73 Å². The first-order valence-corrected chi connectivity index (χ1v) is 7.58. The third kappa shape index (κ3) is 2.94. The largest absolute Gasteiger partial charge is 0.457 e. The molecular weight excluding hydrogens is 324 g/mol. The molecule has 3 heterocycles. The Hall–Kier alpha value is -1.18. The lowest BCUT2D eigenvalue weighted by Gasteiger charge is -2.27. The van der Waals surface area contributed by atoms with Crippen LogP contribution in [0.4, 0.5) is 0 Å². The second kappa shape index (κ2) is 6.07. The van der Waals surface area contributed by atoms with Crippen molar-refractivity contribution < 1.29 is 8.94 Å². The highest BCUT2D eigenvalue weighted by molar-refractivity contribution is 9.10. The first kappa shape index (κ1) is 13.8. The van der Waals surface area contributed by atoms with Crippen LogP contribution in [0.1, 0.15) is 31.1 Å². The van der Waals surface area contributed by atoms with E-state index < -0.39 is 0 Å². The van der Waals surface area contributed by atoms with Gasteiger partial charge < -0.3 is 19.6 Å². The van der Waals surface area contributed by atoms with E-state index in [0.717, 1.165) is 25.2 Å². The zero-order chi connectivity index (χ0) is 13.9. The van der Waals surface area contributed by atoms with Crippen LogP contribution in [0.25, 0.3) is 11.5 Å². The summed E-state index contributed by atoms with van der Waals surface area (Å²) in [5.74, 6) is 0.966. The van der Waals surface area contributed by atoms with Gasteiger partial charge in [0.25, 0.3) is 5.89 Å². The molecule has 6 nitrogen and oxygen atoms in total. The fraction of sp³-hybridized carbons (Fsp3) is 0.538. The van der Waals surface area contributed by atoms with Gasteiger partial charge in [-0.25, -0.2) is 0 Å². The number of hydrogen-bond donors (Lipinski definition) is 1. The summed E-state index contributed by atoms with van der Waals surface area (Å²) in [5.41, 5.74) is 6.91. The Morgan fingerprint density at radius 1 is 1.35 bits per heavy atom. The van der Waals surface area contributed by atoms with Crippen molar-refractivity contribution in [3.8, 4) is 11.5 Å². The van der Waals surface area contributed by atoms with Crippen LogP contribution in [0.5, 0.6) is 0 Å². The lowest BCUT2D eigenvalue weighted by atomic mass is 10.1. The molecule has 1 aliphatic heterocycles. The summed E-state index contributed by atoms with van der Waals surface area (Å²) < 4.78 is 11.0. The highest BCUT2D eigenvalue weighted by Gasteiger charge is 2.21. The molecule has 20 heavy (non-hydrogen) atoms. The fourth-order valence-corrected chi connectivity index (χ4v) is 2.85. The van der Waals surface area contributed by atoms with Gasteiger partial charge >= 0.3 is 0 Å². The SMILES string of the molecule is NC(CN1CCCCC1)c1noc(-c2ccoc2Br)n1. The molecule has 1 atom stereocenters. The number of likely N-dealkylation sites (tertiary alicyclic amines) is 1. The number of nitrogens with two attached hydrogens (primary N) is 1. The maximum Gasteiger partial charge on any atom is 0.262 e. The lowest BCUT2D eigenvalue weighted by molar-refractivity contribution is 0.213. The predicted octanol–water partition coefficient (Wildman–Crippen LogP) is 2.58. The maximum absolute atomic E-state index is 6.17. The van der Waals surface area contributed by atoms with E-state index in [9.17, 15) is 0 Å². The van der Waals surface area contributed by atoms with Crippen LogP contribution in [0, 0.1) is 0 Å². The molecule has 0 amide bonds. The van der Waals surface area contributed by atoms with E-state index in [1.807, 2.05) is 0 Å². The van der Waals surface area contributed by atoms with Gasteiger partial charge in [0.2, 0.25) is 0 Å². The van der Waals surface area contributed by atoms with Crippen LogP contribution in [0.15, 0.2) is 25.9 Å². The van der Waals surface area contributed by atoms with Crippen molar-refractivity contribution >= 4 is 15.9 Å². The molecule has 1 aliphatic rings. The van der Waals surface area contributed by atoms with Gasteiger partial charge in [-0.3, -0.25) is 0 Å². The molecule has 0 aromatic carbocycles. The minimum Gasteiger partial charge on any atom is -0.457 e. The maximum atomic E-state index is 6.17. The van der Waals surface area contributed by atoms with Gasteiger partial charge in [-0.2, -0.15) is 4.98 Å². The molecule has 0 aliphatic carbocycles. The van der Waals surface area contributed by atoms with Gasteiger partial charge in [0.15, 0.2) is 10.5 Å². The summed E-state index contributed by atoms with van der Waals surface area (Å²) in [5, 5.41) is 3.98. The first-order chi connectivity index (χ1) is 9.74. The Morgan fingerprint density at radius 2 is 2.15 bits per heavy atom. The minimum absolute atomic E-state index is 0.226. The lowest BCUT2D eigenvalue weighted by Crippen LogP contribution is -2.36. The summed E-state index contributed by atoms with van der Waals surface area (Å²) in [6.45, 7) is 2.98. The molecule has 3 rings (SSSR count). The van der Waals surface area contributed by atoms with E-state index in [0.29, 0.717) is 16.4 Å². The molecule has 2 aromatic heterocycles. The molecule has 0 radical (unpaired) electrons. The van der Waals surface area contributed by atoms with Crippen molar-refractivity contribution in [1.29, 1.82) is 0 Å². The number of aromatic nitrogens is 2. The fourth-order valence-electron chi connectivity index (χ4n) is 2.44. The minimum atomic E-state index is -0.226. The van der Waals surface area contributed by atoms with E-state index in [-0.39, 0.29) is 6.04 Å². The molecule has 108 valence electrons. The van der Waals surface area contributed by atoms with Crippen molar-refractivity contribution in [2.75, 3.05) is 19.6 Å². The van der Waals surface area contributed by atoms with Gasteiger partial charge in [0, 0.05) is 6.54 Å². The van der Waals surface area contributed by atoms with Gasteiger partial charge in [-0.1, -0.05) is 11.6 Å². The zero-order valence-corrected chi connectivity index (χ0v) is 12.7. The molecule has 0 spiro atoms. The highest BCUT2D eigenvalue weighted by Crippen LogP contribution is 2.28. The Balaban J connectivity index is 1.68. The summed E-state index contributed by atoms with van der Waals surface area (Å²) in [6, 6.07) is 1.55. The number of rotatable bonds is 4. The van der Waals surface area contributed by atoms with E-state index >= 15 is 0 Å². The zero-order valence-electron chi connectivity index (χ0n) is 11.1. The normalized spacial score (nSPS) is 18.3. The number of nitrogens with zero attached hydrogens (tertiary/aromatic N) is 3. The molecule has 0 saturated carbocycles. The van der Waals surface area contributed by atoms with Gasteiger partial charge in [0.1, 0.15) is 0 Å². The molecule has 2 aromatic rings. The third-order valence-electron chi connectivity index (χ3n) is 3.53. The van der Waals surface area contributed by atoms with Gasteiger partial charge in [0.05, 0.1) is 17.9 Å². The summed E-state index contributed by atoms with van der Waals surface area (Å²) >= 11 is 3.29. The van der Waals surface area contributed by atoms with Crippen LogP contribution in [-0.2, 0) is 0 Å².